The minimum Gasteiger partial charge on any atom is -0.369 e. The van der Waals surface area contributed by atoms with Crippen molar-refractivity contribution in [2.24, 2.45) is 0 Å². The summed E-state index contributed by atoms with van der Waals surface area (Å²) in [4.78, 5) is 5.10. The molecule has 1 heterocycles. The van der Waals surface area contributed by atoms with Gasteiger partial charge in [-0.25, -0.2) is 0 Å². The van der Waals surface area contributed by atoms with Crippen molar-refractivity contribution in [2.45, 2.75) is 39.8 Å². The van der Waals surface area contributed by atoms with Crippen molar-refractivity contribution < 1.29 is 0 Å². The summed E-state index contributed by atoms with van der Waals surface area (Å²) in [6, 6.07) is 10.1. The van der Waals surface area contributed by atoms with Crippen molar-refractivity contribution in [1.82, 2.24) is 4.90 Å². The maximum Gasteiger partial charge on any atom is 0.0369 e. The van der Waals surface area contributed by atoms with E-state index < -0.39 is 0 Å². The molecule has 0 radical (unpaired) electrons. The number of piperazine rings is 1. The minimum atomic E-state index is 0.643. The lowest BCUT2D eigenvalue weighted by molar-refractivity contribution is 0.148. The average molecular weight is 232 g/mol. The molecule has 0 amide bonds. The van der Waals surface area contributed by atoms with Crippen LogP contribution in [0.15, 0.2) is 24.3 Å². The van der Waals surface area contributed by atoms with Gasteiger partial charge in [-0.05, 0) is 45.4 Å². The number of rotatable bonds is 2. The number of anilines is 1. The Hall–Kier alpha value is -1.02. The van der Waals surface area contributed by atoms with Crippen LogP contribution in [-0.4, -0.2) is 36.6 Å². The summed E-state index contributed by atoms with van der Waals surface area (Å²) in [5.74, 6) is 0. The topological polar surface area (TPSA) is 6.48 Å². The van der Waals surface area contributed by atoms with Crippen LogP contribution in [0.2, 0.25) is 0 Å². The van der Waals surface area contributed by atoms with Gasteiger partial charge in [0.05, 0.1) is 0 Å². The van der Waals surface area contributed by atoms with E-state index in [0.717, 1.165) is 13.1 Å². The fourth-order valence-corrected chi connectivity index (χ4v) is 2.80. The van der Waals surface area contributed by atoms with E-state index in [9.17, 15) is 0 Å². The number of hydrogen-bond donors (Lipinski definition) is 0. The molecule has 94 valence electrons. The van der Waals surface area contributed by atoms with Crippen LogP contribution < -0.4 is 4.90 Å². The first kappa shape index (κ1) is 12.4. The molecule has 1 aromatic carbocycles. The number of nitrogens with zero attached hydrogens (tertiary/aromatic N) is 2. The molecule has 1 aromatic rings. The van der Waals surface area contributed by atoms with Gasteiger partial charge in [-0.2, -0.15) is 0 Å². The molecule has 0 bridgehead atoms. The van der Waals surface area contributed by atoms with E-state index in [0.29, 0.717) is 12.1 Å². The van der Waals surface area contributed by atoms with E-state index in [2.05, 4.69) is 61.8 Å². The van der Waals surface area contributed by atoms with Crippen molar-refractivity contribution in [2.75, 3.05) is 24.5 Å². The zero-order valence-corrected chi connectivity index (χ0v) is 11.5. The van der Waals surface area contributed by atoms with Crippen molar-refractivity contribution in [3.8, 4) is 0 Å². The van der Waals surface area contributed by atoms with Crippen LogP contribution in [0.25, 0.3) is 0 Å². The fraction of sp³-hybridized carbons (Fsp3) is 0.600. The van der Waals surface area contributed by atoms with Crippen molar-refractivity contribution in [1.29, 1.82) is 0 Å². The molecule has 0 spiro atoms. The highest BCUT2D eigenvalue weighted by Crippen LogP contribution is 2.21. The number of benzene rings is 1. The van der Waals surface area contributed by atoms with E-state index in [1.807, 2.05) is 0 Å². The molecule has 1 aliphatic heterocycles. The Morgan fingerprint density at radius 2 is 2.00 bits per heavy atom. The molecular formula is C15H24N2. The van der Waals surface area contributed by atoms with Gasteiger partial charge in [-0.15, -0.1) is 0 Å². The maximum atomic E-state index is 2.59. The first-order valence-corrected chi connectivity index (χ1v) is 6.65. The number of aryl methyl sites for hydroxylation is 1. The summed E-state index contributed by atoms with van der Waals surface area (Å²) < 4.78 is 0. The Labute approximate surface area is 105 Å². The Balaban J connectivity index is 2.07. The fourth-order valence-electron chi connectivity index (χ4n) is 2.80. The quantitative estimate of drug-likeness (QED) is 0.773. The summed E-state index contributed by atoms with van der Waals surface area (Å²) in [5, 5.41) is 0. The van der Waals surface area contributed by atoms with Gasteiger partial charge in [0.1, 0.15) is 0 Å². The molecule has 2 heteroatoms. The standard InChI is InChI=1S/C15H24N2/c1-12(2)17-9-8-16(11-14(17)4)15-7-5-6-13(3)10-15/h5-7,10,12,14H,8-9,11H2,1-4H3. The molecule has 0 saturated carbocycles. The lowest BCUT2D eigenvalue weighted by atomic mass is 10.1. The first-order chi connectivity index (χ1) is 8.08. The highest BCUT2D eigenvalue weighted by Gasteiger charge is 2.25. The Bertz CT molecular complexity index is 373. The third-order valence-electron chi connectivity index (χ3n) is 3.71. The van der Waals surface area contributed by atoms with Gasteiger partial charge in [-0.3, -0.25) is 4.90 Å². The van der Waals surface area contributed by atoms with Crippen molar-refractivity contribution >= 4 is 5.69 Å². The summed E-state index contributed by atoms with van der Waals surface area (Å²) >= 11 is 0. The normalized spacial score (nSPS) is 22.2. The molecule has 1 fully saturated rings. The average Bonchev–Trinajstić information content (AvgIpc) is 2.28. The van der Waals surface area contributed by atoms with Gasteiger partial charge in [0.25, 0.3) is 0 Å². The van der Waals surface area contributed by atoms with E-state index in [4.69, 9.17) is 0 Å². The second-order valence-corrected chi connectivity index (χ2v) is 5.47. The van der Waals surface area contributed by atoms with Crippen LogP contribution in [0.5, 0.6) is 0 Å². The van der Waals surface area contributed by atoms with Crippen LogP contribution in [0.1, 0.15) is 26.3 Å². The zero-order chi connectivity index (χ0) is 12.4. The molecular weight excluding hydrogens is 208 g/mol. The van der Waals surface area contributed by atoms with E-state index in [-0.39, 0.29) is 0 Å². The lowest BCUT2D eigenvalue weighted by Crippen LogP contribution is -2.54. The third-order valence-corrected chi connectivity index (χ3v) is 3.71. The van der Waals surface area contributed by atoms with E-state index in [1.165, 1.54) is 17.8 Å². The highest BCUT2D eigenvalue weighted by molar-refractivity contribution is 5.49. The third kappa shape index (κ3) is 2.81. The Morgan fingerprint density at radius 1 is 1.24 bits per heavy atom. The minimum absolute atomic E-state index is 0.643. The van der Waals surface area contributed by atoms with Crippen LogP contribution in [0.4, 0.5) is 5.69 Å². The second kappa shape index (κ2) is 5.09. The molecule has 1 saturated heterocycles. The monoisotopic (exact) mass is 232 g/mol. The molecule has 1 aliphatic rings. The van der Waals surface area contributed by atoms with Gasteiger partial charge in [0.2, 0.25) is 0 Å². The zero-order valence-electron chi connectivity index (χ0n) is 11.5. The maximum absolute atomic E-state index is 2.59. The SMILES string of the molecule is Cc1cccc(N2CCN(C(C)C)C(C)C2)c1. The molecule has 2 nitrogen and oxygen atoms in total. The molecule has 1 unspecified atom stereocenters. The molecule has 17 heavy (non-hydrogen) atoms. The smallest absolute Gasteiger partial charge is 0.0369 e. The molecule has 0 N–H and O–H groups in total. The van der Waals surface area contributed by atoms with Crippen LogP contribution >= 0.6 is 0 Å². The van der Waals surface area contributed by atoms with Crippen molar-refractivity contribution in [3.05, 3.63) is 29.8 Å². The second-order valence-electron chi connectivity index (χ2n) is 5.47. The lowest BCUT2D eigenvalue weighted by Gasteiger charge is -2.43. The van der Waals surface area contributed by atoms with Crippen LogP contribution in [-0.2, 0) is 0 Å². The molecule has 0 aromatic heterocycles. The summed E-state index contributed by atoms with van der Waals surface area (Å²) in [5.41, 5.74) is 2.72. The first-order valence-electron chi connectivity index (χ1n) is 6.65. The van der Waals surface area contributed by atoms with Gasteiger partial charge in [0.15, 0.2) is 0 Å². The van der Waals surface area contributed by atoms with Crippen molar-refractivity contribution in [3.63, 3.8) is 0 Å². The summed E-state index contributed by atoms with van der Waals surface area (Å²) in [6.07, 6.45) is 0. The predicted octanol–water partition coefficient (Wildman–Crippen LogP) is 2.91. The number of hydrogen-bond acceptors (Lipinski definition) is 2. The molecule has 2 rings (SSSR count). The van der Waals surface area contributed by atoms with E-state index >= 15 is 0 Å². The van der Waals surface area contributed by atoms with Crippen LogP contribution in [0, 0.1) is 6.92 Å². The van der Waals surface area contributed by atoms with Gasteiger partial charge >= 0.3 is 0 Å². The highest BCUT2D eigenvalue weighted by atomic mass is 15.3. The van der Waals surface area contributed by atoms with Crippen LogP contribution in [0.3, 0.4) is 0 Å². The molecule has 1 atom stereocenters. The van der Waals surface area contributed by atoms with Gasteiger partial charge in [0, 0.05) is 37.4 Å². The van der Waals surface area contributed by atoms with Gasteiger partial charge in [-0.1, -0.05) is 12.1 Å². The predicted molar refractivity (Wildman–Crippen MR) is 74.7 cm³/mol. The summed E-state index contributed by atoms with van der Waals surface area (Å²) in [7, 11) is 0. The Kier molecular flexibility index (Phi) is 3.72. The molecule has 0 aliphatic carbocycles. The Morgan fingerprint density at radius 3 is 2.59 bits per heavy atom. The van der Waals surface area contributed by atoms with Gasteiger partial charge < -0.3 is 4.90 Å². The largest absolute Gasteiger partial charge is 0.369 e. The van der Waals surface area contributed by atoms with E-state index in [1.54, 1.807) is 0 Å². The summed E-state index contributed by atoms with van der Waals surface area (Å²) in [6.45, 7) is 12.5.